The van der Waals surface area contributed by atoms with E-state index in [9.17, 15) is 9.59 Å². The average Bonchev–Trinajstić information content (AvgIpc) is 2.58. The fourth-order valence-electron chi connectivity index (χ4n) is 2.07. The Kier molecular flexibility index (Phi) is 7.29. The van der Waals surface area contributed by atoms with E-state index in [1.807, 2.05) is 0 Å². The molecule has 5 nitrogen and oxygen atoms in total. The molecule has 0 radical (unpaired) electrons. The standard InChI is InChI=1S/C18H16Cl3NO4/c1-10(17(23)22-16-14(20)7-13(19)8-15(16)21)26-18(24)12-5-3-11(4-6-12)9-25-2/h3-8,10H,9H2,1-2H3,(H,22,23). The van der Waals surface area contributed by atoms with Crippen molar-refractivity contribution in [3.05, 3.63) is 62.6 Å². The Bertz CT molecular complexity index is 786. The Hall–Kier alpha value is -1.79. The molecule has 0 heterocycles. The highest BCUT2D eigenvalue weighted by Gasteiger charge is 2.21. The number of methoxy groups -OCH3 is 1. The Morgan fingerprint density at radius 2 is 1.65 bits per heavy atom. The van der Waals surface area contributed by atoms with Crippen molar-refractivity contribution in [3.63, 3.8) is 0 Å². The van der Waals surface area contributed by atoms with E-state index in [0.717, 1.165) is 5.56 Å². The van der Waals surface area contributed by atoms with E-state index in [1.54, 1.807) is 31.4 Å². The second-order valence-electron chi connectivity index (χ2n) is 5.41. The van der Waals surface area contributed by atoms with Gasteiger partial charge in [0.2, 0.25) is 0 Å². The summed E-state index contributed by atoms with van der Waals surface area (Å²) in [5.41, 5.74) is 1.45. The molecule has 0 aliphatic heterocycles. The lowest BCUT2D eigenvalue weighted by molar-refractivity contribution is -0.123. The van der Waals surface area contributed by atoms with Gasteiger partial charge in [-0.2, -0.15) is 0 Å². The Balaban J connectivity index is 2.01. The van der Waals surface area contributed by atoms with Crippen LogP contribution in [0.2, 0.25) is 15.1 Å². The maximum absolute atomic E-state index is 12.3. The summed E-state index contributed by atoms with van der Waals surface area (Å²) < 4.78 is 10.2. The third kappa shape index (κ3) is 5.35. The van der Waals surface area contributed by atoms with E-state index in [0.29, 0.717) is 17.2 Å². The predicted octanol–water partition coefficient (Wildman–Crippen LogP) is 4.98. The molecule has 0 bridgehead atoms. The van der Waals surface area contributed by atoms with Gasteiger partial charge in [0.15, 0.2) is 6.10 Å². The highest BCUT2D eigenvalue weighted by molar-refractivity contribution is 6.42. The van der Waals surface area contributed by atoms with Gasteiger partial charge in [0.1, 0.15) is 0 Å². The number of hydrogen-bond acceptors (Lipinski definition) is 4. The monoisotopic (exact) mass is 415 g/mol. The van der Waals surface area contributed by atoms with Crippen LogP contribution in [-0.2, 0) is 20.9 Å². The third-order valence-electron chi connectivity index (χ3n) is 3.41. The van der Waals surface area contributed by atoms with Crippen molar-refractivity contribution < 1.29 is 19.1 Å². The van der Waals surface area contributed by atoms with Gasteiger partial charge in [-0.3, -0.25) is 4.79 Å². The summed E-state index contributed by atoms with van der Waals surface area (Å²) >= 11 is 17.9. The molecule has 0 saturated carbocycles. The van der Waals surface area contributed by atoms with Crippen LogP contribution in [0.15, 0.2) is 36.4 Å². The van der Waals surface area contributed by atoms with Crippen molar-refractivity contribution in [1.82, 2.24) is 0 Å². The maximum atomic E-state index is 12.3. The van der Waals surface area contributed by atoms with E-state index in [1.165, 1.54) is 19.1 Å². The Morgan fingerprint density at radius 1 is 1.08 bits per heavy atom. The number of rotatable bonds is 6. The van der Waals surface area contributed by atoms with Gasteiger partial charge in [0.05, 0.1) is 27.9 Å². The molecule has 2 aromatic rings. The quantitative estimate of drug-likeness (QED) is 0.675. The SMILES string of the molecule is COCc1ccc(C(=O)OC(C)C(=O)Nc2c(Cl)cc(Cl)cc2Cl)cc1. The molecule has 1 amide bonds. The summed E-state index contributed by atoms with van der Waals surface area (Å²) in [5, 5.41) is 3.24. The molecule has 1 N–H and O–H groups in total. The fourth-order valence-corrected chi connectivity index (χ4v) is 2.98. The van der Waals surface area contributed by atoms with Crippen molar-refractivity contribution in [2.45, 2.75) is 19.6 Å². The fraction of sp³-hybridized carbons (Fsp3) is 0.222. The number of anilines is 1. The minimum atomic E-state index is -1.05. The minimum absolute atomic E-state index is 0.183. The molecule has 0 aliphatic carbocycles. The maximum Gasteiger partial charge on any atom is 0.338 e. The smallest absolute Gasteiger partial charge is 0.338 e. The molecule has 0 aliphatic rings. The van der Waals surface area contributed by atoms with Gasteiger partial charge in [0.25, 0.3) is 5.91 Å². The Labute approximate surface area is 166 Å². The summed E-state index contributed by atoms with van der Waals surface area (Å²) in [4.78, 5) is 24.4. The molecular formula is C18H16Cl3NO4. The van der Waals surface area contributed by atoms with Crippen molar-refractivity contribution in [2.24, 2.45) is 0 Å². The van der Waals surface area contributed by atoms with Gasteiger partial charge in [0, 0.05) is 12.1 Å². The number of halogens is 3. The largest absolute Gasteiger partial charge is 0.449 e. The van der Waals surface area contributed by atoms with Gasteiger partial charge >= 0.3 is 5.97 Å². The number of benzene rings is 2. The summed E-state index contributed by atoms with van der Waals surface area (Å²) in [5.74, 6) is -1.19. The van der Waals surface area contributed by atoms with Crippen molar-refractivity contribution >= 4 is 52.4 Å². The number of esters is 1. The summed E-state index contributed by atoms with van der Waals surface area (Å²) in [7, 11) is 1.58. The molecule has 2 rings (SSSR count). The van der Waals surface area contributed by atoms with Gasteiger partial charge in [-0.25, -0.2) is 4.79 Å². The first-order chi connectivity index (χ1) is 12.3. The molecule has 0 saturated heterocycles. The molecule has 0 spiro atoms. The number of amides is 1. The van der Waals surface area contributed by atoms with Crippen LogP contribution >= 0.6 is 34.8 Å². The molecule has 138 valence electrons. The summed E-state index contributed by atoms with van der Waals surface area (Å²) in [6.45, 7) is 1.89. The zero-order chi connectivity index (χ0) is 19.3. The molecule has 0 aromatic heterocycles. The lowest BCUT2D eigenvalue weighted by Gasteiger charge is -2.15. The topological polar surface area (TPSA) is 64.6 Å². The van der Waals surface area contributed by atoms with Crippen LogP contribution < -0.4 is 5.32 Å². The van der Waals surface area contributed by atoms with E-state index >= 15 is 0 Å². The van der Waals surface area contributed by atoms with Crippen molar-refractivity contribution in [3.8, 4) is 0 Å². The highest BCUT2D eigenvalue weighted by atomic mass is 35.5. The number of carbonyl (C=O) groups is 2. The first kappa shape index (κ1) is 20.5. The highest BCUT2D eigenvalue weighted by Crippen LogP contribution is 2.33. The summed E-state index contributed by atoms with van der Waals surface area (Å²) in [6, 6.07) is 9.60. The van der Waals surface area contributed by atoms with E-state index in [-0.39, 0.29) is 15.7 Å². The van der Waals surface area contributed by atoms with Crippen LogP contribution in [0.3, 0.4) is 0 Å². The van der Waals surface area contributed by atoms with Gasteiger partial charge < -0.3 is 14.8 Å². The average molecular weight is 417 g/mol. The number of ether oxygens (including phenoxy) is 2. The van der Waals surface area contributed by atoms with Gasteiger partial charge in [-0.15, -0.1) is 0 Å². The summed E-state index contributed by atoms with van der Waals surface area (Å²) in [6.07, 6.45) is -1.05. The van der Waals surface area contributed by atoms with Crippen LogP contribution in [0.25, 0.3) is 0 Å². The van der Waals surface area contributed by atoms with Gasteiger partial charge in [-0.05, 0) is 36.8 Å². The van der Waals surface area contributed by atoms with E-state index in [4.69, 9.17) is 44.3 Å². The first-order valence-corrected chi connectivity index (χ1v) is 8.69. The number of hydrogen-bond donors (Lipinski definition) is 1. The molecular weight excluding hydrogens is 401 g/mol. The molecule has 2 aromatic carbocycles. The first-order valence-electron chi connectivity index (χ1n) is 7.56. The zero-order valence-corrected chi connectivity index (χ0v) is 16.3. The molecule has 26 heavy (non-hydrogen) atoms. The molecule has 1 unspecified atom stereocenters. The molecule has 0 fully saturated rings. The van der Waals surface area contributed by atoms with E-state index < -0.39 is 18.0 Å². The van der Waals surface area contributed by atoms with Crippen LogP contribution in [0, 0.1) is 0 Å². The molecule has 8 heteroatoms. The van der Waals surface area contributed by atoms with Gasteiger partial charge in [-0.1, -0.05) is 46.9 Å². The second kappa shape index (κ2) is 9.24. The predicted molar refractivity (Wildman–Crippen MR) is 102 cm³/mol. The number of carbonyl (C=O) groups excluding carboxylic acids is 2. The van der Waals surface area contributed by atoms with Crippen LogP contribution in [0.4, 0.5) is 5.69 Å². The van der Waals surface area contributed by atoms with Crippen LogP contribution in [0.5, 0.6) is 0 Å². The van der Waals surface area contributed by atoms with E-state index in [2.05, 4.69) is 5.32 Å². The van der Waals surface area contributed by atoms with Crippen molar-refractivity contribution in [2.75, 3.05) is 12.4 Å². The third-order valence-corrected chi connectivity index (χ3v) is 4.22. The minimum Gasteiger partial charge on any atom is -0.449 e. The Morgan fingerprint density at radius 3 is 2.19 bits per heavy atom. The van der Waals surface area contributed by atoms with Crippen LogP contribution in [-0.4, -0.2) is 25.1 Å². The lowest BCUT2D eigenvalue weighted by Crippen LogP contribution is -2.30. The number of nitrogens with one attached hydrogen (secondary N) is 1. The van der Waals surface area contributed by atoms with Crippen molar-refractivity contribution in [1.29, 1.82) is 0 Å². The zero-order valence-electron chi connectivity index (χ0n) is 14.0. The molecule has 1 atom stereocenters. The lowest BCUT2D eigenvalue weighted by atomic mass is 10.1. The van der Waals surface area contributed by atoms with Crippen LogP contribution in [0.1, 0.15) is 22.8 Å². The normalized spacial score (nSPS) is 11.7. The second-order valence-corrected chi connectivity index (χ2v) is 6.66.